The number of halogens is 10. The number of aromatic nitrogens is 2. The van der Waals surface area contributed by atoms with Crippen molar-refractivity contribution >= 4 is 5.78 Å². The second kappa shape index (κ2) is 8.64. The van der Waals surface area contributed by atoms with Gasteiger partial charge in [-0.3, -0.25) is 4.79 Å². The Morgan fingerprint density at radius 1 is 0.600 bits per heavy atom. The fourth-order valence-corrected chi connectivity index (χ4v) is 3.53. The Labute approximate surface area is 188 Å². The number of H-pyrrole nitrogens is 2. The summed E-state index contributed by atoms with van der Waals surface area (Å²) >= 11 is 0. The maximum absolute atomic E-state index is 14.6. The first kappa shape index (κ1) is 24.1. The zero-order valence-corrected chi connectivity index (χ0v) is 16.7. The number of aromatic amines is 2. The van der Waals surface area contributed by atoms with Crippen LogP contribution in [0, 0.1) is 58.2 Å². The number of carbonyl (C=O) groups excluding carboxylic acids is 1. The van der Waals surface area contributed by atoms with Crippen molar-refractivity contribution in [2.45, 2.75) is 5.92 Å². The molecule has 0 saturated heterocycles. The van der Waals surface area contributed by atoms with Crippen LogP contribution in [0.25, 0.3) is 0 Å². The van der Waals surface area contributed by atoms with Crippen LogP contribution >= 0.6 is 0 Å². The average Bonchev–Trinajstić information content (AvgIpc) is 3.54. The van der Waals surface area contributed by atoms with E-state index in [4.69, 9.17) is 0 Å². The molecule has 0 amide bonds. The predicted octanol–water partition coefficient (Wildman–Crippen LogP) is 6.15. The Kier molecular flexibility index (Phi) is 5.95. The summed E-state index contributed by atoms with van der Waals surface area (Å²) in [5, 5.41) is 0. The van der Waals surface area contributed by atoms with E-state index < -0.39 is 92.4 Å². The van der Waals surface area contributed by atoms with Gasteiger partial charge in [0.15, 0.2) is 46.5 Å². The van der Waals surface area contributed by atoms with E-state index in [-0.39, 0.29) is 5.69 Å². The lowest BCUT2D eigenvalue weighted by Crippen LogP contribution is -2.16. The van der Waals surface area contributed by atoms with E-state index >= 15 is 0 Å². The first-order valence-corrected chi connectivity index (χ1v) is 9.36. The third-order valence-electron chi connectivity index (χ3n) is 5.17. The highest BCUT2D eigenvalue weighted by Crippen LogP contribution is 2.37. The summed E-state index contributed by atoms with van der Waals surface area (Å²) in [6.45, 7) is 0. The molecule has 13 heteroatoms. The second-order valence-electron chi connectivity index (χ2n) is 7.14. The molecule has 35 heavy (non-hydrogen) atoms. The lowest BCUT2D eigenvalue weighted by molar-refractivity contribution is 0.102. The smallest absolute Gasteiger partial charge is 0.215 e. The van der Waals surface area contributed by atoms with E-state index in [1.165, 1.54) is 18.3 Å². The molecule has 1 unspecified atom stereocenters. The van der Waals surface area contributed by atoms with Crippen LogP contribution in [-0.2, 0) is 0 Å². The molecule has 2 aromatic carbocycles. The molecule has 4 aromatic rings. The summed E-state index contributed by atoms with van der Waals surface area (Å²) in [7, 11) is 0. The minimum absolute atomic E-state index is 0.134. The molecular weight excluding hydrogens is 498 g/mol. The molecular formula is C22H8F10N2O. The Bertz CT molecular complexity index is 1420. The molecule has 3 nitrogen and oxygen atoms in total. The molecule has 0 radical (unpaired) electrons. The van der Waals surface area contributed by atoms with Crippen LogP contribution in [0.2, 0.25) is 0 Å². The normalized spacial score (nSPS) is 12.3. The molecule has 2 heterocycles. The van der Waals surface area contributed by atoms with Crippen LogP contribution < -0.4 is 0 Å². The molecule has 182 valence electrons. The van der Waals surface area contributed by atoms with Gasteiger partial charge in [0.2, 0.25) is 17.4 Å². The van der Waals surface area contributed by atoms with Crippen molar-refractivity contribution in [1.82, 2.24) is 9.97 Å². The molecule has 0 saturated carbocycles. The third kappa shape index (κ3) is 3.67. The molecule has 4 rings (SSSR count). The number of hydrogen-bond donors (Lipinski definition) is 2. The summed E-state index contributed by atoms with van der Waals surface area (Å²) in [5.41, 5.74) is -4.50. The summed E-state index contributed by atoms with van der Waals surface area (Å²) in [5.74, 6) is -26.9. The lowest BCUT2D eigenvalue weighted by atomic mass is 9.91. The summed E-state index contributed by atoms with van der Waals surface area (Å²) in [6, 6.07) is 4.20. The van der Waals surface area contributed by atoms with E-state index in [1.807, 2.05) is 0 Å². The van der Waals surface area contributed by atoms with Gasteiger partial charge in [0.05, 0.1) is 11.6 Å². The molecule has 0 spiro atoms. The third-order valence-corrected chi connectivity index (χ3v) is 5.17. The summed E-state index contributed by atoms with van der Waals surface area (Å²) in [6.07, 6.45) is 1.25. The fourth-order valence-electron chi connectivity index (χ4n) is 3.53. The fraction of sp³-hybridized carbons (Fsp3) is 0.0455. The standard InChI is InChI=1S/C22H8F10N2O/c23-12-10(13(24)17(28)20(31)16(12)27)9(6-2-1-5-33-6)7-3-4-8(34-7)22(35)11-14(25)18(29)21(32)19(30)15(11)26/h1-5,9,33-34H. The van der Waals surface area contributed by atoms with Crippen molar-refractivity contribution in [2.24, 2.45) is 0 Å². The number of hydrogen-bond acceptors (Lipinski definition) is 1. The van der Waals surface area contributed by atoms with Crippen molar-refractivity contribution in [3.05, 3.63) is 117 Å². The number of rotatable bonds is 5. The first-order valence-electron chi connectivity index (χ1n) is 9.36. The zero-order valence-electron chi connectivity index (χ0n) is 16.7. The second-order valence-corrected chi connectivity index (χ2v) is 7.14. The maximum Gasteiger partial charge on any atom is 0.215 e. The van der Waals surface area contributed by atoms with E-state index in [2.05, 4.69) is 9.97 Å². The van der Waals surface area contributed by atoms with E-state index in [0.29, 0.717) is 0 Å². The summed E-state index contributed by atoms with van der Waals surface area (Å²) < 4.78 is 139. The van der Waals surface area contributed by atoms with E-state index in [9.17, 15) is 48.7 Å². The van der Waals surface area contributed by atoms with Gasteiger partial charge in [0.1, 0.15) is 5.56 Å². The van der Waals surface area contributed by atoms with Crippen LogP contribution in [0.1, 0.15) is 38.9 Å². The van der Waals surface area contributed by atoms with Crippen molar-refractivity contribution in [3.63, 3.8) is 0 Å². The highest BCUT2D eigenvalue weighted by atomic mass is 19.2. The van der Waals surface area contributed by atoms with Gasteiger partial charge in [-0.25, -0.2) is 43.9 Å². The summed E-state index contributed by atoms with van der Waals surface area (Å²) in [4.78, 5) is 17.3. The van der Waals surface area contributed by atoms with Gasteiger partial charge in [0, 0.05) is 23.1 Å². The zero-order chi connectivity index (χ0) is 25.8. The van der Waals surface area contributed by atoms with Gasteiger partial charge in [-0.15, -0.1) is 0 Å². The van der Waals surface area contributed by atoms with Crippen LogP contribution in [0.3, 0.4) is 0 Å². The van der Waals surface area contributed by atoms with E-state index in [0.717, 1.165) is 12.1 Å². The molecule has 0 aliphatic carbocycles. The van der Waals surface area contributed by atoms with Crippen LogP contribution in [-0.4, -0.2) is 15.8 Å². The minimum Gasteiger partial charge on any atom is -0.364 e. The Morgan fingerprint density at radius 2 is 1.09 bits per heavy atom. The van der Waals surface area contributed by atoms with Crippen LogP contribution in [0.5, 0.6) is 0 Å². The predicted molar refractivity (Wildman–Crippen MR) is 98.4 cm³/mol. The molecule has 0 bridgehead atoms. The molecule has 0 fully saturated rings. The van der Waals surface area contributed by atoms with Gasteiger partial charge >= 0.3 is 0 Å². The Hall–Kier alpha value is -4.03. The molecule has 2 N–H and O–H groups in total. The molecule has 1 atom stereocenters. The van der Waals surface area contributed by atoms with E-state index in [1.54, 1.807) is 0 Å². The van der Waals surface area contributed by atoms with Crippen molar-refractivity contribution in [1.29, 1.82) is 0 Å². The minimum atomic E-state index is -2.50. The molecule has 2 aromatic heterocycles. The number of carbonyl (C=O) groups is 1. The van der Waals surface area contributed by atoms with Crippen LogP contribution in [0.15, 0.2) is 30.5 Å². The SMILES string of the molecule is O=C(c1ccc(C(c2ccc[nH]2)c2c(F)c(F)c(F)c(F)c2F)[nH]1)c1c(F)c(F)c(F)c(F)c1F. The van der Waals surface area contributed by atoms with Crippen molar-refractivity contribution in [2.75, 3.05) is 0 Å². The Morgan fingerprint density at radius 3 is 1.57 bits per heavy atom. The molecule has 0 aliphatic heterocycles. The van der Waals surface area contributed by atoms with Crippen molar-refractivity contribution in [3.8, 4) is 0 Å². The van der Waals surface area contributed by atoms with Gasteiger partial charge in [-0.2, -0.15) is 0 Å². The number of nitrogens with one attached hydrogen (secondary N) is 2. The van der Waals surface area contributed by atoms with Gasteiger partial charge in [-0.1, -0.05) is 0 Å². The highest BCUT2D eigenvalue weighted by Gasteiger charge is 2.35. The van der Waals surface area contributed by atoms with Gasteiger partial charge in [0.25, 0.3) is 0 Å². The van der Waals surface area contributed by atoms with Crippen LogP contribution in [0.4, 0.5) is 43.9 Å². The Balaban J connectivity index is 1.89. The first-order chi connectivity index (χ1) is 16.5. The number of ketones is 1. The van der Waals surface area contributed by atoms with Gasteiger partial charge < -0.3 is 9.97 Å². The maximum atomic E-state index is 14.6. The quantitative estimate of drug-likeness (QED) is 0.145. The van der Waals surface area contributed by atoms with Crippen molar-refractivity contribution < 1.29 is 48.7 Å². The highest BCUT2D eigenvalue weighted by molar-refractivity contribution is 6.08. The monoisotopic (exact) mass is 506 g/mol. The average molecular weight is 506 g/mol. The number of benzene rings is 2. The lowest BCUT2D eigenvalue weighted by Gasteiger charge is -2.18. The molecule has 0 aliphatic rings. The van der Waals surface area contributed by atoms with Gasteiger partial charge in [-0.05, 0) is 24.3 Å². The largest absolute Gasteiger partial charge is 0.364 e. The topological polar surface area (TPSA) is 48.6 Å².